The highest BCUT2D eigenvalue weighted by Crippen LogP contribution is 2.14. The number of allylic oxidation sites excluding steroid dienone is 1. The third-order valence-electron chi connectivity index (χ3n) is 3.85. The minimum atomic E-state index is 0.131. The van der Waals surface area contributed by atoms with E-state index in [9.17, 15) is 4.79 Å². The van der Waals surface area contributed by atoms with Gasteiger partial charge in [-0.2, -0.15) is 5.10 Å². The lowest BCUT2D eigenvalue weighted by Crippen LogP contribution is -2.48. The van der Waals surface area contributed by atoms with Crippen LogP contribution in [0.25, 0.3) is 0 Å². The fourth-order valence-corrected chi connectivity index (χ4v) is 3.49. The Morgan fingerprint density at radius 2 is 2.17 bits per heavy atom. The Morgan fingerprint density at radius 1 is 1.39 bits per heavy atom. The number of amides is 1. The van der Waals surface area contributed by atoms with Crippen molar-refractivity contribution in [2.75, 3.05) is 26.2 Å². The van der Waals surface area contributed by atoms with Gasteiger partial charge in [0.25, 0.3) is 5.91 Å². The van der Waals surface area contributed by atoms with Crippen LogP contribution >= 0.6 is 23.6 Å². The van der Waals surface area contributed by atoms with E-state index in [1.807, 2.05) is 31.7 Å². The maximum atomic E-state index is 12.3. The maximum Gasteiger partial charge on any atom is 0.264 e. The molecule has 0 bridgehead atoms. The van der Waals surface area contributed by atoms with Gasteiger partial charge in [0.1, 0.15) is 6.33 Å². The smallest absolute Gasteiger partial charge is 0.264 e. The van der Waals surface area contributed by atoms with Crippen LogP contribution in [0.4, 0.5) is 0 Å². The van der Waals surface area contributed by atoms with Crippen molar-refractivity contribution >= 4 is 29.5 Å². The van der Waals surface area contributed by atoms with Crippen LogP contribution in [0.15, 0.2) is 36.5 Å². The molecule has 122 valence electrons. The lowest BCUT2D eigenvalue weighted by molar-refractivity contribution is 0.0589. The fraction of sp³-hybridized carbons (Fsp3) is 0.400. The van der Waals surface area contributed by atoms with Crippen molar-refractivity contribution in [2.45, 2.75) is 13.2 Å². The number of aromatic nitrogens is 3. The van der Waals surface area contributed by atoms with E-state index in [1.54, 1.807) is 12.4 Å². The van der Waals surface area contributed by atoms with Crippen LogP contribution in [0.5, 0.6) is 0 Å². The average molecular weight is 349 g/mol. The summed E-state index contributed by atoms with van der Waals surface area (Å²) in [6.07, 6.45) is 3.54. The summed E-state index contributed by atoms with van der Waals surface area (Å²) in [5, 5.41) is 6.27. The molecule has 3 heterocycles. The zero-order chi connectivity index (χ0) is 16.2. The summed E-state index contributed by atoms with van der Waals surface area (Å²) in [5.74, 6) is 0.131. The lowest BCUT2D eigenvalue weighted by Gasteiger charge is -2.34. The molecule has 1 fully saturated rings. The number of piperazine rings is 1. The van der Waals surface area contributed by atoms with Gasteiger partial charge in [-0.1, -0.05) is 12.1 Å². The fourth-order valence-electron chi connectivity index (χ4n) is 2.57. The molecule has 1 aliphatic heterocycles. The molecular formula is C15H19N5OS2. The molecule has 23 heavy (non-hydrogen) atoms. The molecular weight excluding hydrogens is 330 g/mol. The zero-order valence-corrected chi connectivity index (χ0v) is 14.4. The Labute approximate surface area is 144 Å². The Hall–Kier alpha value is -1.77. The summed E-state index contributed by atoms with van der Waals surface area (Å²) < 4.78 is 4.40. The predicted octanol–water partition coefficient (Wildman–Crippen LogP) is 2.08. The second-order valence-corrected chi connectivity index (χ2v) is 6.70. The number of hydrogen-bond donors (Lipinski definition) is 0. The summed E-state index contributed by atoms with van der Waals surface area (Å²) in [7, 11) is 0. The van der Waals surface area contributed by atoms with Crippen LogP contribution < -0.4 is 0 Å². The second kappa shape index (κ2) is 7.20. The largest absolute Gasteiger partial charge is 0.335 e. The summed E-state index contributed by atoms with van der Waals surface area (Å²) in [6.45, 7) is 8.16. The molecule has 6 nitrogen and oxygen atoms in total. The number of thiophene rings is 1. The van der Waals surface area contributed by atoms with Crippen LogP contribution in [0, 0.1) is 4.77 Å². The molecule has 0 atom stereocenters. The van der Waals surface area contributed by atoms with Crippen molar-refractivity contribution in [1.29, 1.82) is 0 Å². The van der Waals surface area contributed by atoms with Gasteiger partial charge in [0, 0.05) is 32.7 Å². The minimum absolute atomic E-state index is 0.131. The highest BCUT2D eigenvalue weighted by atomic mass is 32.1. The molecule has 0 N–H and O–H groups in total. The van der Waals surface area contributed by atoms with Crippen molar-refractivity contribution in [3.8, 4) is 0 Å². The zero-order valence-electron chi connectivity index (χ0n) is 12.8. The van der Waals surface area contributed by atoms with E-state index in [1.165, 1.54) is 11.3 Å². The first kappa shape index (κ1) is 16.1. The van der Waals surface area contributed by atoms with E-state index in [-0.39, 0.29) is 5.91 Å². The van der Waals surface area contributed by atoms with Gasteiger partial charge in [0.2, 0.25) is 0 Å². The van der Waals surface area contributed by atoms with Gasteiger partial charge in [0.15, 0.2) is 4.77 Å². The van der Waals surface area contributed by atoms with E-state index in [0.717, 1.165) is 31.1 Å². The van der Waals surface area contributed by atoms with Crippen molar-refractivity contribution in [2.24, 2.45) is 0 Å². The van der Waals surface area contributed by atoms with Crippen LogP contribution in [0.2, 0.25) is 0 Å². The number of nitrogens with zero attached hydrogens (tertiary/aromatic N) is 5. The first-order valence-electron chi connectivity index (χ1n) is 7.47. The molecule has 0 saturated carbocycles. The molecule has 1 saturated heterocycles. The summed E-state index contributed by atoms with van der Waals surface area (Å²) in [4.78, 5) is 17.3. The molecule has 0 unspecified atom stereocenters. The van der Waals surface area contributed by atoms with E-state index >= 15 is 0 Å². The Morgan fingerprint density at radius 3 is 2.83 bits per heavy atom. The van der Waals surface area contributed by atoms with Crippen LogP contribution in [0.1, 0.15) is 9.67 Å². The molecule has 0 aliphatic carbocycles. The maximum absolute atomic E-state index is 12.3. The van der Waals surface area contributed by atoms with Crippen molar-refractivity contribution < 1.29 is 4.79 Å². The van der Waals surface area contributed by atoms with Crippen molar-refractivity contribution in [1.82, 2.24) is 24.1 Å². The molecule has 8 heteroatoms. The summed E-state index contributed by atoms with van der Waals surface area (Å²) >= 11 is 6.90. The van der Waals surface area contributed by atoms with Gasteiger partial charge in [-0.05, 0) is 23.7 Å². The second-order valence-electron chi connectivity index (χ2n) is 5.38. The quantitative estimate of drug-likeness (QED) is 0.612. The third kappa shape index (κ3) is 3.60. The van der Waals surface area contributed by atoms with E-state index in [2.05, 4.69) is 16.6 Å². The van der Waals surface area contributed by atoms with Crippen LogP contribution in [-0.2, 0) is 13.2 Å². The average Bonchev–Trinajstić information content (AvgIpc) is 3.21. The topological polar surface area (TPSA) is 46.3 Å². The standard InChI is InChI=1S/C15H19N5OS2/c1-2-5-19-11-16-20(15(19)22)12-17-6-8-18(9-7-17)14(21)13-4-3-10-23-13/h2-4,10-11H,1,5-9,12H2. The number of carbonyl (C=O) groups excluding carboxylic acids is 1. The summed E-state index contributed by atoms with van der Waals surface area (Å²) in [6, 6.07) is 3.79. The first-order valence-corrected chi connectivity index (χ1v) is 8.76. The monoisotopic (exact) mass is 349 g/mol. The number of rotatable bonds is 5. The molecule has 2 aromatic heterocycles. The highest BCUT2D eigenvalue weighted by Gasteiger charge is 2.23. The Kier molecular flexibility index (Phi) is 5.04. The van der Waals surface area contributed by atoms with Gasteiger partial charge in [-0.25, -0.2) is 4.68 Å². The SMILES string of the molecule is C=CCn1cnn(CN2CCN(C(=O)c3cccs3)CC2)c1=S. The third-order valence-corrected chi connectivity index (χ3v) is 5.15. The predicted molar refractivity (Wildman–Crippen MR) is 93.0 cm³/mol. The molecule has 0 aromatic carbocycles. The summed E-state index contributed by atoms with van der Waals surface area (Å²) in [5.41, 5.74) is 0. The van der Waals surface area contributed by atoms with Crippen LogP contribution in [0.3, 0.4) is 0 Å². The van der Waals surface area contributed by atoms with Gasteiger partial charge < -0.3 is 9.47 Å². The van der Waals surface area contributed by atoms with Crippen LogP contribution in [-0.4, -0.2) is 56.2 Å². The van der Waals surface area contributed by atoms with E-state index in [0.29, 0.717) is 18.0 Å². The minimum Gasteiger partial charge on any atom is -0.335 e. The van der Waals surface area contributed by atoms with Gasteiger partial charge in [-0.15, -0.1) is 17.9 Å². The first-order chi connectivity index (χ1) is 11.2. The van der Waals surface area contributed by atoms with E-state index in [4.69, 9.17) is 12.2 Å². The van der Waals surface area contributed by atoms with Crippen molar-refractivity contribution in [3.63, 3.8) is 0 Å². The molecule has 1 aliphatic rings. The Bertz CT molecular complexity index is 725. The number of hydrogen-bond acceptors (Lipinski definition) is 5. The van der Waals surface area contributed by atoms with Crippen molar-refractivity contribution in [3.05, 3.63) is 46.1 Å². The normalized spacial score (nSPS) is 15.7. The highest BCUT2D eigenvalue weighted by molar-refractivity contribution is 7.71. The Balaban J connectivity index is 1.56. The van der Waals surface area contributed by atoms with Gasteiger partial charge >= 0.3 is 0 Å². The molecule has 3 rings (SSSR count). The van der Waals surface area contributed by atoms with E-state index < -0.39 is 0 Å². The number of carbonyl (C=O) groups is 1. The molecule has 1 amide bonds. The van der Waals surface area contributed by atoms with Gasteiger partial charge in [-0.3, -0.25) is 9.69 Å². The lowest BCUT2D eigenvalue weighted by atomic mass is 10.3. The van der Waals surface area contributed by atoms with Gasteiger partial charge in [0.05, 0.1) is 11.5 Å². The molecule has 0 spiro atoms. The molecule has 0 radical (unpaired) electrons. The molecule has 2 aromatic rings.